The molecule has 8 heteroatoms. The van der Waals surface area contributed by atoms with Crippen LogP contribution in [-0.4, -0.2) is 35.2 Å². The van der Waals surface area contributed by atoms with Crippen molar-refractivity contribution in [3.63, 3.8) is 0 Å². The summed E-state index contributed by atoms with van der Waals surface area (Å²) in [4.78, 5) is 19.0. The van der Waals surface area contributed by atoms with Crippen LogP contribution in [-0.2, 0) is 19.0 Å². The number of aliphatic hydroxyl groups excluding tert-OH is 1. The highest BCUT2D eigenvalue weighted by atomic mass is 19.4. The Balaban J connectivity index is 1.57. The Kier molecular flexibility index (Phi) is 6.37. The van der Waals surface area contributed by atoms with Crippen LogP contribution in [0.5, 0.6) is 0 Å². The van der Waals surface area contributed by atoms with E-state index in [9.17, 15) is 23.1 Å². The lowest BCUT2D eigenvalue weighted by Crippen LogP contribution is -2.31. The van der Waals surface area contributed by atoms with E-state index in [0.29, 0.717) is 36.3 Å². The van der Waals surface area contributed by atoms with Gasteiger partial charge in [-0.25, -0.2) is 4.98 Å². The molecule has 1 atom stereocenters. The topological polar surface area (TPSA) is 65.5 Å². The Hall–Kier alpha value is -3.39. The first-order valence-corrected chi connectivity index (χ1v) is 10.7. The Morgan fingerprint density at radius 2 is 1.91 bits per heavy atom. The maximum absolute atomic E-state index is 13.0. The Morgan fingerprint density at radius 1 is 1.15 bits per heavy atom. The molecule has 172 valence electrons. The molecule has 2 heterocycles. The number of hydrogen-bond donors (Lipinski definition) is 2. The summed E-state index contributed by atoms with van der Waals surface area (Å²) in [6.07, 6.45) is -2.35. The zero-order chi connectivity index (χ0) is 23.6. The van der Waals surface area contributed by atoms with E-state index in [-0.39, 0.29) is 12.5 Å². The Bertz CT molecular complexity index is 1160. The summed E-state index contributed by atoms with van der Waals surface area (Å²) in [7, 11) is 0. The molecule has 2 N–H and O–H groups in total. The number of benzene rings is 2. The average Bonchev–Trinajstić information content (AvgIpc) is 3.21. The second-order valence-corrected chi connectivity index (χ2v) is 8.16. The average molecular weight is 455 g/mol. The smallest absolute Gasteiger partial charge is 0.392 e. The number of aliphatic hydroxyl groups is 1. The maximum Gasteiger partial charge on any atom is 0.416 e. The third kappa shape index (κ3) is 5.17. The van der Waals surface area contributed by atoms with Gasteiger partial charge >= 0.3 is 6.18 Å². The number of amides is 1. The number of pyridine rings is 1. The van der Waals surface area contributed by atoms with Crippen LogP contribution >= 0.6 is 0 Å². The molecular formula is C25H24F3N3O2. The van der Waals surface area contributed by atoms with E-state index in [0.717, 1.165) is 22.9 Å². The Morgan fingerprint density at radius 3 is 2.67 bits per heavy atom. The standard InChI is InChI=1S/C25H24F3N3O2/c1-16(32)15-30-24(33)21-6-3-7-22-20(21)9-11-31(22)23-14-18(8-10-29-23)12-17-4-2-5-19(13-17)25(26,27)28/h2-8,10,13-14,16,32H,9,11-12,15H2,1H3,(H,30,33)/t16-/m1/s1. The van der Waals surface area contributed by atoms with Crippen molar-refractivity contribution in [3.8, 4) is 0 Å². The molecule has 0 saturated heterocycles. The fraction of sp³-hybridized carbons (Fsp3) is 0.280. The molecule has 0 bridgehead atoms. The van der Waals surface area contributed by atoms with Crippen LogP contribution < -0.4 is 10.2 Å². The SMILES string of the molecule is C[C@@H](O)CNC(=O)c1cccc2c1CCN2c1cc(Cc2cccc(C(F)(F)F)c2)ccn1. The molecule has 0 spiro atoms. The quantitative estimate of drug-likeness (QED) is 0.575. The van der Waals surface area contributed by atoms with Gasteiger partial charge in [0.15, 0.2) is 0 Å². The number of aromatic nitrogens is 1. The summed E-state index contributed by atoms with van der Waals surface area (Å²) >= 11 is 0. The van der Waals surface area contributed by atoms with Gasteiger partial charge < -0.3 is 15.3 Å². The molecule has 1 amide bonds. The molecule has 2 aromatic carbocycles. The summed E-state index contributed by atoms with van der Waals surface area (Å²) in [6.45, 7) is 2.41. The highest BCUT2D eigenvalue weighted by Gasteiger charge is 2.30. The van der Waals surface area contributed by atoms with Gasteiger partial charge in [-0.1, -0.05) is 24.3 Å². The predicted octanol–water partition coefficient (Wildman–Crippen LogP) is 4.50. The summed E-state index contributed by atoms with van der Waals surface area (Å²) < 4.78 is 39.1. The van der Waals surface area contributed by atoms with Gasteiger partial charge in [0.25, 0.3) is 5.91 Å². The zero-order valence-electron chi connectivity index (χ0n) is 18.1. The van der Waals surface area contributed by atoms with Crippen LogP contribution in [0.25, 0.3) is 0 Å². The molecular weight excluding hydrogens is 431 g/mol. The summed E-state index contributed by atoms with van der Waals surface area (Å²) in [5, 5.41) is 12.2. The number of nitrogens with one attached hydrogen (secondary N) is 1. The van der Waals surface area contributed by atoms with E-state index >= 15 is 0 Å². The van der Waals surface area contributed by atoms with Gasteiger partial charge in [-0.2, -0.15) is 13.2 Å². The van der Waals surface area contributed by atoms with Crippen LogP contribution in [0, 0.1) is 0 Å². The molecule has 0 unspecified atom stereocenters. The minimum Gasteiger partial charge on any atom is -0.392 e. The first kappa shape index (κ1) is 22.8. The summed E-state index contributed by atoms with van der Waals surface area (Å²) in [5.74, 6) is 0.445. The van der Waals surface area contributed by atoms with Crippen molar-refractivity contribution < 1.29 is 23.1 Å². The second kappa shape index (κ2) is 9.23. The normalized spacial score (nSPS) is 14.2. The molecule has 3 aromatic rings. The Labute approximate surface area is 189 Å². The van der Waals surface area contributed by atoms with Crippen molar-refractivity contribution in [2.24, 2.45) is 0 Å². The maximum atomic E-state index is 13.0. The van der Waals surface area contributed by atoms with Gasteiger partial charge in [-0.15, -0.1) is 0 Å². The number of carbonyl (C=O) groups excluding carboxylic acids is 1. The van der Waals surface area contributed by atoms with Crippen molar-refractivity contribution in [1.29, 1.82) is 0 Å². The number of nitrogens with zero attached hydrogens (tertiary/aromatic N) is 2. The first-order valence-electron chi connectivity index (χ1n) is 10.7. The van der Waals surface area contributed by atoms with Gasteiger partial charge in [0.05, 0.1) is 11.7 Å². The first-order chi connectivity index (χ1) is 15.7. The van der Waals surface area contributed by atoms with E-state index in [1.165, 1.54) is 12.1 Å². The predicted molar refractivity (Wildman–Crippen MR) is 120 cm³/mol. The number of carbonyl (C=O) groups is 1. The van der Waals surface area contributed by atoms with Crippen molar-refractivity contribution in [3.05, 3.63) is 88.6 Å². The third-order valence-electron chi connectivity index (χ3n) is 5.58. The molecule has 1 aliphatic heterocycles. The van der Waals surface area contributed by atoms with Crippen LogP contribution in [0.1, 0.15) is 39.5 Å². The highest BCUT2D eigenvalue weighted by Crippen LogP contribution is 2.36. The van der Waals surface area contributed by atoms with Crippen molar-refractivity contribution in [2.75, 3.05) is 18.0 Å². The molecule has 0 aliphatic carbocycles. The van der Waals surface area contributed by atoms with E-state index in [4.69, 9.17) is 0 Å². The molecule has 1 aromatic heterocycles. The van der Waals surface area contributed by atoms with Crippen molar-refractivity contribution in [2.45, 2.75) is 32.0 Å². The van der Waals surface area contributed by atoms with Crippen LogP contribution in [0.4, 0.5) is 24.7 Å². The van der Waals surface area contributed by atoms with E-state index in [1.54, 1.807) is 37.4 Å². The highest BCUT2D eigenvalue weighted by molar-refractivity contribution is 5.98. The molecule has 0 saturated carbocycles. The van der Waals surface area contributed by atoms with Crippen molar-refractivity contribution >= 4 is 17.4 Å². The fourth-order valence-corrected chi connectivity index (χ4v) is 4.03. The minimum absolute atomic E-state index is 0.172. The van der Waals surface area contributed by atoms with Gasteiger partial charge in [0.2, 0.25) is 0 Å². The van der Waals surface area contributed by atoms with Gasteiger partial charge in [-0.05, 0) is 66.8 Å². The third-order valence-corrected chi connectivity index (χ3v) is 5.58. The lowest BCUT2D eigenvalue weighted by Gasteiger charge is -2.19. The molecule has 5 nitrogen and oxygen atoms in total. The summed E-state index contributed by atoms with van der Waals surface area (Å²) in [6, 6.07) is 14.5. The second-order valence-electron chi connectivity index (χ2n) is 8.16. The van der Waals surface area contributed by atoms with Crippen LogP contribution in [0.2, 0.25) is 0 Å². The van der Waals surface area contributed by atoms with Crippen LogP contribution in [0.15, 0.2) is 60.8 Å². The lowest BCUT2D eigenvalue weighted by molar-refractivity contribution is -0.137. The van der Waals surface area contributed by atoms with E-state index in [2.05, 4.69) is 10.3 Å². The molecule has 0 fully saturated rings. The van der Waals surface area contributed by atoms with Gasteiger partial charge in [0.1, 0.15) is 5.82 Å². The molecule has 4 rings (SSSR count). The van der Waals surface area contributed by atoms with E-state index in [1.807, 2.05) is 17.0 Å². The molecule has 0 radical (unpaired) electrons. The number of anilines is 2. The zero-order valence-corrected chi connectivity index (χ0v) is 18.1. The van der Waals surface area contributed by atoms with Gasteiger partial charge in [0, 0.05) is 30.5 Å². The number of halogens is 3. The molecule has 1 aliphatic rings. The van der Waals surface area contributed by atoms with E-state index < -0.39 is 17.8 Å². The lowest BCUT2D eigenvalue weighted by atomic mass is 10.0. The van der Waals surface area contributed by atoms with Crippen LogP contribution in [0.3, 0.4) is 0 Å². The van der Waals surface area contributed by atoms with Gasteiger partial charge in [-0.3, -0.25) is 4.79 Å². The number of fused-ring (bicyclic) bond motifs is 1. The fourth-order valence-electron chi connectivity index (χ4n) is 4.03. The monoisotopic (exact) mass is 455 g/mol. The van der Waals surface area contributed by atoms with Crippen molar-refractivity contribution in [1.82, 2.24) is 10.3 Å². The number of alkyl halides is 3. The number of hydrogen-bond acceptors (Lipinski definition) is 4. The summed E-state index contributed by atoms with van der Waals surface area (Å²) in [5.41, 5.74) is 3.11. The number of rotatable bonds is 6. The largest absolute Gasteiger partial charge is 0.416 e. The molecule has 33 heavy (non-hydrogen) atoms. The minimum atomic E-state index is -4.38.